The summed E-state index contributed by atoms with van der Waals surface area (Å²) in [6.07, 6.45) is 2.88. The van der Waals surface area contributed by atoms with Crippen molar-refractivity contribution in [3.8, 4) is 24.0 Å². The molecule has 0 amide bonds. The normalized spacial score (nSPS) is 9.22. The number of rotatable bonds is 1. The summed E-state index contributed by atoms with van der Waals surface area (Å²) >= 11 is 17.0. The van der Waals surface area contributed by atoms with Crippen LogP contribution >= 0.6 is 34.8 Å². The number of ether oxygens (including phenoxy) is 1. The van der Waals surface area contributed by atoms with E-state index in [2.05, 4.69) is 26.5 Å². The molecular weight excluding hydrogens is 471 g/mol. The first kappa shape index (κ1) is 24.7. The van der Waals surface area contributed by atoms with Gasteiger partial charge in [0.2, 0.25) is 0 Å². The summed E-state index contributed by atoms with van der Waals surface area (Å²) in [5, 5.41) is 18.1. The van der Waals surface area contributed by atoms with Crippen molar-refractivity contribution in [1.29, 1.82) is 10.5 Å². The number of hydrogen-bond acceptors (Lipinski definition) is 6. The first-order chi connectivity index (χ1) is 15.3. The lowest BCUT2D eigenvalue weighted by Crippen LogP contribution is -2.01. The highest BCUT2D eigenvalue weighted by atomic mass is 35.5. The molecule has 0 unspecified atom stereocenters. The molecule has 6 nitrogen and oxygen atoms in total. The smallest absolute Gasteiger partial charge is 0.337 e. The molecule has 0 saturated carbocycles. The van der Waals surface area contributed by atoms with E-state index in [1.165, 1.54) is 25.6 Å². The summed E-state index contributed by atoms with van der Waals surface area (Å²) in [6.45, 7) is 1.86. The Morgan fingerprint density at radius 3 is 2.09 bits per heavy atom. The average Bonchev–Trinajstić information content (AvgIpc) is 2.78. The van der Waals surface area contributed by atoms with E-state index in [1.54, 1.807) is 24.3 Å². The van der Waals surface area contributed by atoms with Crippen molar-refractivity contribution in [1.82, 2.24) is 9.97 Å². The lowest BCUT2D eigenvalue weighted by atomic mass is 10.1. The first-order valence-electron chi connectivity index (χ1n) is 8.76. The number of carbonyl (C=O) groups excluding carboxylic acids is 1. The number of benzene rings is 1. The fraction of sp³-hybridized carbons (Fsp3) is 0.0870. The summed E-state index contributed by atoms with van der Waals surface area (Å²) in [6, 6.07) is 11.9. The Balaban J connectivity index is 0.000000303. The Bertz CT molecular complexity index is 1320. The lowest BCUT2D eigenvalue weighted by Gasteiger charge is -2.02. The number of nitriles is 2. The average molecular weight is 484 g/mol. The number of methoxy groups -OCH3 is 1. The topological polar surface area (TPSA) is 99.7 Å². The summed E-state index contributed by atoms with van der Waals surface area (Å²) in [5.74, 6) is 5.54. The van der Waals surface area contributed by atoms with E-state index >= 15 is 0 Å². The van der Waals surface area contributed by atoms with E-state index in [1.807, 2.05) is 19.1 Å². The van der Waals surface area contributed by atoms with Crippen LogP contribution in [-0.4, -0.2) is 23.0 Å². The van der Waals surface area contributed by atoms with E-state index in [9.17, 15) is 4.79 Å². The number of aromatic nitrogens is 2. The van der Waals surface area contributed by atoms with Crippen LogP contribution in [0.4, 0.5) is 0 Å². The number of pyridine rings is 2. The molecule has 158 valence electrons. The third-order valence-corrected chi connectivity index (χ3v) is 4.63. The predicted molar refractivity (Wildman–Crippen MR) is 121 cm³/mol. The molecule has 2 heterocycles. The monoisotopic (exact) mass is 482 g/mol. The van der Waals surface area contributed by atoms with E-state index < -0.39 is 0 Å². The van der Waals surface area contributed by atoms with Gasteiger partial charge in [-0.15, -0.1) is 0 Å². The number of nitrogens with zero attached hydrogens (tertiary/aromatic N) is 4. The Labute approximate surface area is 200 Å². The van der Waals surface area contributed by atoms with Crippen LogP contribution in [0.5, 0.6) is 0 Å². The van der Waals surface area contributed by atoms with Gasteiger partial charge >= 0.3 is 5.97 Å². The second-order valence-corrected chi connectivity index (χ2v) is 7.28. The Kier molecular flexibility index (Phi) is 9.02. The maximum absolute atomic E-state index is 11.4. The highest BCUT2D eigenvalue weighted by Gasteiger charge is 2.06. The molecule has 9 heteroatoms. The minimum atomic E-state index is -0.384. The number of esters is 1. The van der Waals surface area contributed by atoms with Gasteiger partial charge in [-0.1, -0.05) is 46.6 Å². The molecule has 3 rings (SSSR count). The second kappa shape index (κ2) is 11.7. The Morgan fingerprint density at radius 1 is 0.938 bits per heavy atom. The van der Waals surface area contributed by atoms with Crippen LogP contribution in [0.3, 0.4) is 0 Å². The highest BCUT2D eigenvalue weighted by molar-refractivity contribution is 6.35. The maximum Gasteiger partial charge on any atom is 0.337 e. The van der Waals surface area contributed by atoms with Gasteiger partial charge in [-0.3, -0.25) is 0 Å². The van der Waals surface area contributed by atoms with Crippen LogP contribution in [0, 0.1) is 41.4 Å². The summed E-state index contributed by atoms with van der Waals surface area (Å²) in [4.78, 5) is 19.0. The van der Waals surface area contributed by atoms with Crippen molar-refractivity contribution in [2.75, 3.05) is 7.11 Å². The molecule has 2 aromatic heterocycles. The molecule has 3 aromatic rings. The van der Waals surface area contributed by atoms with E-state index in [-0.39, 0.29) is 27.4 Å². The molecule has 0 N–H and O–H groups in total. The van der Waals surface area contributed by atoms with Crippen LogP contribution < -0.4 is 0 Å². The molecule has 0 aliphatic carbocycles. The summed E-state index contributed by atoms with van der Waals surface area (Å²) in [7, 11) is 1.34. The van der Waals surface area contributed by atoms with Crippen LogP contribution in [-0.2, 0) is 4.74 Å². The van der Waals surface area contributed by atoms with Gasteiger partial charge in [0.25, 0.3) is 0 Å². The van der Waals surface area contributed by atoms with E-state index in [0.29, 0.717) is 16.1 Å². The molecule has 0 fully saturated rings. The minimum Gasteiger partial charge on any atom is -0.465 e. The van der Waals surface area contributed by atoms with Crippen LogP contribution in [0.2, 0.25) is 15.1 Å². The Hall–Kier alpha value is -3.60. The van der Waals surface area contributed by atoms with Gasteiger partial charge in [0.1, 0.15) is 12.1 Å². The third kappa shape index (κ3) is 6.71. The van der Waals surface area contributed by atoms with Crippen LogP contribution in [0.25, 0.3) is 0 Å². The quantitative estimate of drug-likeness (QED) is 0.341. The minimum absolute atomic E-state index is 0.172. The highest BCUT2D eigenvalue weighted by Crippen LogP contribution is 2.17. The predicted octanol–water partition coefficient (Wildman–Crippen LogP) is 5.36. The molecule has 0 atom stereocenters. The zero-order valence-corrected chi connectivity index (χ0v) is 19.0. The fourth-order valence-electron chi connectivity index (χ4n) is 2.27. The molecular formula is C23H13Cl3N4O2. The van der Waals surface area contributed by atoms with Crippen molar-refractivity contribution in [2.45, 2.75) is 6.92 Å². The largest absolute Gasteiger partial charge is 0.465 e. The lowest BCUT2D eigenvalue weighted by molar-refractivity contribution is 0.0600. The Morgan fingerprint density at radius 2 is 1.56 bits per heavy atom. The van der Waals surface area contributed by atoms with Crippen LogP contribution in [0.15, 0.2) is 42.7 Å². The molecule has 1 aromatic carbocycles. The zero-order chi connectivity index (χ0) is 23.7. The van der Waals surface area contributed by atoms with Crippen molar-refractivity contribution in [2.24, 2.45) is 0 Å². The number of halogens is 3. The zero-order valence-electron chi connectivity index (χ0n) is 16.8. The van der Waals surface area contributed by atoms with Gasteiger partial charge in [-0.05, 0) is 42.8 Å². The maximum atomic E-state index is 11.4. The van der Waals surface area contributed by atoms with E-state index in [4.69, 9.17) is 45.3 Å². The molecule has 32 heavy (non-hydrogen) atoms. The fourth-order valence-corrected chi connectivity index (χ4v) is 2.90. The molecule has 0 aliphatic rings. The van der Waals surface area contributed by atoms with Crippen LogP contribution in [0.1, 0.15) is 38.4 Å². The van der Waals surface area contributed by atoms with Gasteiger partial charge in [0.15, 0.2) is 11.4 Å². The second-order valence-electron chi connectivity index (χ2n) is 6.03. The third-order valence-electron chi connectivity index (χ3n) is 3.85. The SMILES string of the molecule is COC(=O)c1ccc(C#Cc2cnc(C#N)c(Cl)c2)c(C)c1.N#Cc1ncc(Cl)cc1Cl. The number of aryl methyl sites for hydroxylation is 1. The van der Waals surface area contributed by atoms with Crippen molar-refractivity contribution >= 4 is 40.8 Å². The summed E-state index contributed by atoms with van der Waals surface area (Å²) in [5.41, 5.74) is 3.11. The molecule has 0 radical (unpaired) electrons. The molecule has 0 saturated heterocycles. The van der Waals surface area contributed by atoms with Gasteiger partial charge in [0.05, 0.1) is 27.7 Å². The summed E-state index contributed by atoms with van der Waals surface area (Å²) < 4.78 is 4.67. The molecule has 0 bridgehead atoms. The van der Waals surface area contributed by atoms with Crippen molar-refractivity contribution < 1.29 is 9.53 Å². The molecule has 0 aliphatic heterocycles. The van der Waals surface area contributed by atoms with Gasteiger partial charge in [-0.2, -0.15) is 10.5 Å². The number of carbonyl (C=O) groups is 1. The van der Waals surface area contributed by atoms with Gasteiger partial charge in [0, 0.05) is 23.5 Å². The van der Waals surface area contributed by atoms with Gasteiger partial charge in [-0.25, -0.2) is 14.8 Å². The molecule has 0 spiro atoms. The van der Waals surface area contributed by atoms with Gasteiger partial charge < -0.3 is 4.74 Å². The van der Waals surface area contributed by atoms with Crippen molar-refractivity contribution in [3.05, 3.63) is 91.4 Å². The van der Waals surface area contributed by atoms with Crippen molar-refractivity contribution in [3.63, 3.8) is 0 Å². The standard InChI is InChI=1S/C17H11ClN2O2.C6H2Cl2N2/c1-11-7-14(17(21)22-2)6-5-13(11)4-3-12-8-15(18)16(9-19)20-10-12;7-4-1-5(8)6(2-9)10-3-4/h5-8,10H,1-2H3;1,3H. The first-order valence-corrected chi connectivity index (χ1v) is 9.90. The number of hydrogen-bond donors (Lipinski definition) is 0. The van der Waals surface area contributed by atoms with E-state index in [0.717, 1.165) is 11.1 Å².